The number of alkyl halides is 3. The second-order valence-corrected chi connectivity index (χ2v) is 24.4. The molecule has 3 aliphatic rings. The summed E-state index contributed by atoms with van der Waals surface area (Å²) in [6.45, 7) is 38.2. The fourth-order valence-corrected chi connectivity index (χ4v) is 9.75. The zero-order chi connectivity index (χ0) is 68.1. The molecule has 0 spiro atoms. The second-order valence-electron chi connectivity index (χ2n) is 24.4. The molecule has 26 heteroatoms. The summed E-state index contributed by atoms with van der Waals surface area (Å²) in [7, 11) is 0. The lowest BCUT2D eigenvalue weighted by Crippen LogP contribution is -2.51. The average molecular weight is 1280 g/mol. The molecule has 6 N–H and O–H groups in total. The van der Waals surface area contributed by atoms with Crippen molar-refractivity contribution >= 4 is 42.0 Å². The normalized spacial score (nSPS) is 26.8. The maximum absolute atomic E-state index is 11.6. The van der Waals surface area contributed by atoms with Crippen LogP contribution in [0.2, 0.25) is 0 Å². The number of unbranched alkanes of at least 4 members (excludes halogenated alkanes) is 6. The molecule has 0 aliphatic carbocycles. The molecular weight excluding hydrogens is 1160 g/mol. The summed E-state index contributed by atoms with van der Waals surface area (Å²) in [4.78, 5) is 76.6. The molecule has 518 valence electrons. The van der Waals surface area contributed by atoms with E-state index in [0.717, 1.165) is 83.6 Å². The molecule has 2 amide bonds. The molecule has 0 radical (unpaired) electrons. The van der Waals surface area contributed by atoms with Crippen LogP contribution >= 0.6 is 0 Å². The molecule has 0 saturated carbocycles. The van der Waals surface area contributed by atoms with Crippen LogP contribution < -0.4 is 16.4 Å². The predicted octanol–water partition coefficient (Wildman–Crippen LogP) is 10.7. The van der Waals surface area contributed by atoms with Gasteiger partial charge in [0.2, 0.25) is 6.29 Å². The zero-order valence-corrected chi connectivity index (χ0v) is 56.3. The number of carbonyl (C=O) groups is 7. The monoisotopic (exact) mass is 1280 g/mol. The van der Waals surface area contributed by atoms with Crippen molar-refractivity contribution in [3.8, 4) is 0 Å². The Morgan fingerprint density at radius 2 is 0.761 bits per heavy atom. The number of nitrogens with one attached hydrogen (secondary N) is 2. The van der Waals surface area contributed by atoms with Crippen molar-refractivity contribution in [2.45, 2.75) is 281 Å². The molecule has 0 aromatic heterocycles. The van der Waals surface area contributed by atoms with Crippen LogP contribution in [0.1, 0.15) is 209 Å². The number of halogens is 3. The van der Waals surface area contributed by atoms with Crippen molar-refractivity contribution in [2.75, 3.05) is 39.5 Å². The van der Waals surface area contributed by atoms with E-state index in [1.54, 1.807) is 0 Å². The maximum Gasteiger partial charge on any atom is 0.490 e. The minimum absolute atomic E-state index is 0.0172. The smallest absolute Gasteiger partial charge is 0.475 e. The third-order valence-corrected chi connectivity index (χ3v) is 14.1. The lowest BCUT2D eigenvalue weighted by atomic mass is 9.84. The van der Waals surface area contributed by atoms with Gasteiger partial charge in [-0.05, 0) is 125 Å². The van der Waals surface area contributed by atoms with Gasteiger partial charge in [-0.15, -0.1) is 0 Å². The van der Waals surface area contributed by atoms with Crippen LogP contribution in [0.15, 0.2) is 0 Å². The van der Waals surface area contributed by atoms with E-state index in [-0.39, 0.29) is 121 Å². The van der Waals surface area contributed by atoms with Crippen molar-refractivity contribution in [3.63, 3.8) is 0 Å². The number of alkyl carbamates (subject to hydrolysis) is 2. The van der Waals surface area contributed by atoms with Gasteiger partial charge in [0.25, 0.3) is 0 Å². The molecule has 15 atom stereocenters. The highest BCUT2D eigenvalue weighted by Crippen LogP contribution is 2.37. The van der Waals surface area contributed by atoms with Crippen molar-refractivity contribution in [2.24, 2.45) is 41.2 Å². The highest BCUT2D eigenvalue weighted by atomic mass is 19.4. The Morgan fingerprint density at radius 3 is 1.03 bits per heavy atom. The maximum atomic E-state index is 11.6. The number of nitrogens with two attached hydrogens (primary N) is 1. The highest BCUT2D eigenvalue weighted by Gasteiger charge is 2.46. The molecule has 3 saturated heterocycles. The van der Waals surface area contributed by atoms with Gasteiger partial charge in [0.15, 0.2) is 12.6 Å². The van der Waals surface area contributed by atoms with Gasteiger partial charge in [-0.1, -0.05) is 62.3 Å². The van der Waals surface area contributed by atoms with E-state index < -0.39 is 35.6 Å². The largest absolute Gasteiger partial charge is 0.490 e. The van der Waals surface area contributed by atoms with E-state index in [1.165, 1.54) is 27.7 Å². The van der Waals surface area contributed by atoms with Crippen molar-refractivity contribution in [1.29, 1.82) is 0 Å². The van der Waals surface area contributed by atoms with E-state index in [0.29, 0.717) is 26.3 Å². The first kappa shape index (κ1) is 85.5. The van der Waals surface area contributed by atoms with Crippen LogP contribution in [0.25, 0.3) is 0 Å². The number of carboxylic acids is 1. The van der Waals surface area contributed by atoms with Crippen LogP contribution in [0.3, 0.4) is 0 Å². The first-order chi connectivity index (χ1) is 40.8. The van der Waals surface area contributed by atoms with Crippen molar-refractivity contribution in [3.05, 3.63) is 0 Å². The Balaban J connectivity index is 0. The topological polar surface area (TPSA) is 312 Å². The van der Waals surface area contributed by atoms with Gasteiger partial charge in [0.05, 0.1) is 24.2 Å². The summed E-state index contributed by atoms with van der Waals surface area (Å²) in [6, 6.07) is 0. The molecule has 3 aliphatic heterocycles. The number of aliphatic carboxylic acids is 1. The van der Waals surface area contributed by atoms with Crippen LogP contribution in [0, 0.1) is 35.5 Å². The number of aliphatic hydroxyl groups is 1. The molecule has 0 unspecified atom stereocenters. The first-order valence-electron chi connectivity index (χ1n) is 31.2. The van der Waals surface area contributed by atoms with Gasteiger partial charge < -0.3 is 78.7 Å². The molecule has 0 aromatic rings. The average Bonchev–Trinajstić information content (AvgIpc) is 1.72. The third kappa shape index (κ3) is 38.2. The second kappa shape index (κ2) is 44.8. The number of aliphatic hydroxyl groups excluding tert-OH is 1. The minimum atomic E-state index is -5.08. The highest BCUT2D eigenvalue weighted by molar-refractivity contribution is 5.73. The number of rotatable bonds is 25. The Kier molecular flexibility index (Phi) is 43.5. The van der Waals surface area contributed by atoms with Gasteiger partial charge in [-0.25, -0.2) is 14.4 Å². The number of amides is 2. The van der Waals surface area contributed by atoms with Gasteiger partial charge >= 0.3 is 48.2 Å². The Bertz CT molecular complexity index is 1970. The van der Waals surface area contributed by atoms with Crippen LogP contribution in [0.4, 0.5) is 22.8 Å². The lowest BCUT2D eigenvalue weighted by Gasteiger charge is -2.43. The van der Waals surface area contributed by atoms with Crippen molar-refractivity contribution in [1.82, 2.24) is 10.6 Å². The minimum Gasteiger partial charge on any atom is -0.475 e. The molecule has 3 rings (SSSR count). The van der Waals surface area contributed by atoms with E-state index in [4.69, 9.17) is 72.8 Å². The third-order valence-electron chi connectivity index (χ3n) is 14.1. The summed E-state index contributed by atoms with van der Waals surface area (Å²) in [5, 5.41) is 21.0. The number of hydrogen-bond donors (Lipinski definition) is 5. The summed E-state index contributed by atoms with van der Waals surface area (Å²) in [5.74, 6) is -3.71. The van der Waals surface area contributed by atoms with Crippen LogP contribution in [-0.4, -0.2) is 165 Å². The fourth-order valence-electron chi connectivity index (χ4n) is 9.75. The Labute approximate surface area is 522 Å². The van der Waals surface area contributed by atoms with E-state index in [1.807, 2.05) is 76.2 Å². The molecule has 0 bridgehead atoms. The molecule has 3 fully saturated rings. The SMILES string of the molecule is CC(C)(C)OC(=O)NCCCCCO.CC[C@H]1O[C@@H](OC(C)=O)[C@H](C)[C@@H](OC(C)=O)[C@H]1C.CC[C@H]1O[C@@H](OCCCCCN)[C@H](C)[C@@H](OC(C)=O)[C@H]1C.CC[C@H]1O[C@@H](OCCCCCNC(=O)OC(C)(C)C)[C@H](C)[C@@H](OC(C)=O)[C@H]1C.O=C(O)C(F)(F)F. The first-order valence-corrected chi connectivity index (χ1v) is 31.2. The zero-order valence-electron chi connectivity index (χ0n) is 56.3. The van der Waals surface area contributed by atoms with E-state index in [2.05, 4.69) is 38.3 Å². The number of esters is 4. The predicted molar refractivity (Wildman–Crippen MR) is 322 cm³/mol. The number of carboxylic acid groups (broad SMARTS) is 1. The lowest BCUT2D eigenvalue weighted by molar-refractivity contribution is -0.266. The van der Waals surface area contributed by atoms with Crippen LogP contribution in [0.5, 0.6) is 0 Å². The summed E-state index contributed by atoms with van der Waals surface area (Å²) < 4.78 is 93.2. The molecular formula is C62H114F3N3O20. The Hall–Kier alpha value is -4.60. The van der Waals surface area contributed by atoms with Crippen LogP contribution in [-0.2, 0) is 76.1 Å². The van der Waals surface area contributed by atoms with E-state index >= 15 is 0 Å². The molecule has 3 heterocycles. The summed E-state index contributed by atoms with van der Waals surface area (Å²) in [6.07, 6.45) is 3.06. The van der Waals surface area contributed by atoms with Crippen molar-refractivity contribution < 1.29 is 109 Å². The summed E-state index contributed by atoms with van der Waals surface area (Å²) in [5.41, 5.74) is 4.56. The summed E-state index contributed by atoms with van der Waals surface area (Å²) >= 11 is 0. The molecule has 23 nitrogen and oxygen atoms in total. The number of ether oxygens (including phenoxy) is 11. The van der Waals surface area contributed by atoms with Gasteiger partial charge in [0.1, 0.15) is 29.5 Å². The number of carbonyl (C=O) groups excluding carboxylic acids is 6. The van der Waals surface area contributed by atoms with Gasteiger partial charge in [0, 0.05) is 90.2 Å². The van der Waals surface area contributed by atoms with Gasteiger partial charge in [-0.3, -0.25) is 19.2 Å². The quantitative estimate of drug-likeness (QED) is 0.0322. The molecule has 88 heavy (non-hydrogen) atoms. The van der Waals surface area contributed by atoms with Gasteiger partial charge in [-0.2, -0.15) is 13.2 Å². The Morgan fingerprint density at radius 1 is 0.466 bits per heavy atom. The number of hydrogen-bond acceptors (Lipinski definition) is 20. The van der Waals surface area contributed by atoms with E-state index in [9.17, 15) is 41.9 Å². The standard InChI is InChI=1S/C21H39NO6.C16H31NO4.C13H22O5.C10H21NO3.C2HF3O2/c1-8-17-14(2)18(26-16(4)23)15(3)19(27-17)25-13-11-9-10-12-22-20(24)28-21(5,6)7;1-5-14-11(2)15(20-13(4)18)12(3)16(21-14)19-10-8-6-7-9-17;1-6-11-7(2)12(16-9(4)14)8(3)13(18-11)17-10(5)15;1-10(2,3)14-9(13)11-7-5-4-6-8-12;3-2(4,5)1(6)7/h14-15,17-19H,8-13H2,1-7H3,(H,22,24);11-12,14-16H,5-10,17H2,1-4H3;7-8,11-13H,6H2,1-5H3;12H,4-8H2,1-3H3,(H,11,13);(H,6,7)/t14-,15+,17+,18-,19+;11-,12+,14+,15-,16+;7-,8+,11+,12-,13+;;/m000../s1. The molecule has 0 aromatic carbocycles. The fraction of sp³-hybridized carbons (Fsp3) is 0.887.